The lowest BCUT2D eigenvalue weighted by Gasteiger charge is -2.19. The number of thioether (sulfide) groups is 1. The molecule has 2 aromatic heterocycles. The van der Waals surface area contributed by atoms with Gasteiger partial charge in [0.2, 0.25) is 5.91 Å². The van der Waals surface area contributed by atoms with E-state index in [1.165, 1.54) is 17.2 Å². The van der Waals surface area contributed by atoms with Gasteiger partial charge in [-0.15, -0.1) is 0 Å². The monoisotopic (exact) mass is 469 g/mol. The van der Waals surface area contributed by atoms with Gasteiger partial charge in [-0.05, 0) is 30.0 Å². The SMILES string of the molecule is CCC(C)c1ccc(NC(=O)CSc2nc(C(C)(C)C)nc3c2c(=O)n(C)c(=O)n3C)cc1. The Labute approximate surface area is 197 Å². The quantitative estimate of drug-likeness (QED) is 0.438. The van der Waals surface area contributed by atoms with Crippen LogP contribution in [-0.4, -0.2) is 30.8 Å². The zero-order valence-corrected chi connectivity index (χ0v) is 21.0. The summed E-state index contributed by atoms with van der Waals surface area (Å²) in [5.41, 5.74) is 0.881. The summed E-state index contributed by atoms with van der Waals surface area (Å²) < 4.78 is 2.38. The van der Waals surface area contributed by atoms with Crippen molar-refractivity contribution in [3.63, 3.8) is 0 Å². The zero-order valence-electron chi connectivity index (χ0n) is 20.2. The van der Waals surface area contributed by atoms with E-state index in [1.54, 1.807) is 7.05 Å². The van der Waals surface area contributed by atoms with Crippen molar-refractivity contribution in [3.05, 3.63) is 56.5 Å². The van der Waals surface area contributed by atoms with E-state index in [-0.39, 0.29) is 22.7 Å². The van der Waals surface area contributed by atoms with E-state index in [2.05, 4.69) is 29.1 Å². The van der Waals surface area contributed by atoms with E-state index in [4.69, 9.17) is 0 Å². The lowest BCUT2D eigenvalue weighted by Crippen LogP contribution is -2.38. The average Bonchev–Trinajstić information content (AvgIpc) is 2.78. The van der Waals surface area contributed by atoms with E-state index in [0.717, 1.165) is 22.7 Å². The normalized spacial score (nSPS) is 12.7. The molecule has 1 N–H and O–H groups in total. The summed E-state index contributed by atoms with van der Waals surface area (Å²) in [6.45, 7) is 10.2. The summed E-state index contributed by atoms with van der Waals surface area (Å²) in [4.78, 5) is 47.1. The molecule has 0 saturated carbocycles. The number of rotatable bonds is 6. The fourth-order valence-electron chi connectivity index (χ4n) is 3.33. The van der Waals surface area contributed by atoms with Crippen molar-refractivity contribution in [1.29, 1.82) is 0 Å². The molecule has 0 aliphatic rings. The maximum absolute atomic E-state index is 12.9. The molecule has 0 saturated heterocycles. The number of amides is 1. The summed E-state index contributed by atoms with van der Waals surface area (Å²) in [5.74, 6) is 0.824. The molecule has 0 radical (unpaired) electrons. The third-order valence-corrected chi connectivity index (χ3v) is 6.63. The van der Waals surface area contributed by atoms with Crippen LogP contribution in [0.4, 0.5) is 5.69 Å². The average molecular weight is 470 g/mol. The van der Waals surface area contributed by atoms with Crippen molar-refractivity contribution in [3.8, 4) is 0 Å². The topological polar surface area (TPSA) is 98.9 Å². The van der Waals surface area contributed by atoms with Gasteiger partial charge in [0.15, 0.2) is 5.65 Å². The predicted octanol–water partition coefficient (Wildman–Crippen LogP) is 3.57. The molecule has 3 aromatic rings. The van der Waals surface area contributed by atoms with Gasteiger partial charge in [-0.2, -0.15) is 0 Å². The molecule has 2 heterocycles. The second-order valence-electron chi connectivity index (χ2n) is 9.27. The number of nitrogens with one attached hydrogen (secondary N) is 1. The standard InChI is InChI=1S/C24H31N5O3S/c1-8-14(2)15-9-11-16(12-10-15)25-17(30)13-33-20-18-19(26-22(27-20)24(3,4)5)28(6)23(32)29(7)21(18)31/h9-12,14H,8,13H2,1-7H3,(H,25,30). The van der Waals surface area contributed by atoms with Crippen LogP contribution >= 0.6 is 11.8 Å². The molecule has 0 fully saturated rings. The van der Waals surface area contributed by atoms with E-state index in [9.17, 15) is 14.4 Å². The first-order valence-corrected chi connectivity index (χ1v) is 11.9. The molecule has 1 atom stereocenters. The van der Waals surface area contributed by atoms with Crippen molar-refractivity contribution >= 4 is 34.4 Å². The molecule has 1 unspecified atom stereocenters. The molecule has 0 spiro atoms. The molecule has 0 aliphatic carbocycles. The van der Waals surface area contributed by atoms with Gasteiger partial charge in [0.1, 0.15) is 16.2 Å². The van der Waals surface area contributed by atoms with E-state index >= 15 is 0 Å². The van der Waals surface area contributed by atoms with E-state index in [0.29, 0.717) is 22.5 Å². The molecule has 1 amide bonds. The highest BCUT2D eigenvalue weighted by atomic mass is 32.2. The van der Waals surface area contributed by atoms with E-state index < -0.39 is 16.7 Å². The Balaban J connectivity index is 1.91. The van der Waals surface area contributed by atoms with Crippen LogP contribution in [0.25, 0.3) is 11.0 Å². The molecule has 3 rings (SSSR count). The Morgan fingerprint density at radius 2 is 1.73 bits per heavy atom. The van der Waals surface area contributed by atoms with E-state index in [1.807, 2.05) is 45.0 Å². The summed E-state index contributed by atoms with van der Waals surface area (Å²) in [5, 5.41) is 3.53. The van der Waals surface area contributed by atoms with Gasteiger partial charge in [0, 0.05) is 25.2 Å². The molecule has 9 heteroatoms. The van der Waals surface area contributed by atoms with Crippen molar-refractivity contribution < 1.29 is 4.79 Å². The largest absolute Gasteiger partial charge is 0.332 e. The van der Waals surface area contributed by atoms with Crippen LogP contribution < -0.4 is 16.6 Å². The highest BCUT2D eigenvalue weighted by molar-refractivity contribution is 8.00. The van der Waals surface area contributed by atoms with Gasteiger partial charge < -0.3 is 5.32 Å². The molecule has 8 nitrogen and oxygen atoms in total. The molecule has 33 heavy (non-hydrogen) atoms. The van der Waals surface area contributed by atoms with Gasteiger partial charge in [0.25, 0.3) is 5.56 Å². The second kappa shape index (κ2) is 9.51. The fourth-order valence-corrected chi connectivity index (χ4v) is 4.14. The summed E-state index contributed by atoms with van der Waals surface area (Å²) in [6, 6.07) is 7.84. The first kappa shape index (κ1) is 24.7. The number of aromatic nitrogens is 4. The molecular formula is C24H31N5O3S. The summed E-state index contributed by atoms with van der Waals surface area (Å²) in [7, 11) is 3.00. The van der Waals surface area contributed by atoms with Gasteiger partial charge >= 0.3 is 5.69 Å². The van der Waals surface area contributed by atoms with Crippen molar-refractivity contribution in [2.75, 3.05) is 11.1 Å². The Bertz CT molecular complexity index is 1300. The first-order chi connectivity index (χ1) is 15.4. The summed E-state index contributed by atoms with van der Waals surface area (Å²) in [6.07, 6.45) is 1.05. The Morgan fingerprint density at radius 3 is 2.30 bits per heavy atom. The van der Waals surface area contributed by atoms with Crippen LogP contribution in [0, 0.1) is 0 Å². The number of hydrogen-bond donors (Lipinski definition) is 1. The van der Waals surface area contributed by atoms with Crippen LogP contribution in [0.5, 0.6) is 0 Å². The minimum Gasteiger partial charge on any atom is -0.325 e. The predicted molar refractivity (Wildman–Crippen MR) is 133 cm³/mol. The van der Waals surface area contributed by atoms with Crippen LogP contribution in [0.3, 0.4) is 0 Å². The molecule has 1 aromatic carbocycles. The van der Waals surface area contributed by atoms with Gasteiger partial charge in [-0.3, -0.25) is 18.7 Å². The third kappa shape index (κ3) is 5.19. The Hall–Kier alpha value is -2.94. The molecule has 0 aliphatic heterocycles. The summed E-state index contributed by atoms with van der Waals surface area (Å²) >= 11 is 1.16. The molecule has 0 bridgehead atoms. The van der Waals surface area contributed by atoms with Crippen molar-refractivity contribution in [1.82, 2.24) is 19.1 Å². The lowest BCUT2D eigenvalue weighted by atomic mass is 9.96. The van der Waals surface area contributed by atoms with Crippen LogP contribution in [0.1, 0.15) is 58.3 Å². The number of aryl methyl sites for hydroxylation is 1. The number of carbonyl (C=O) groups is 1. The number of anilines is 1. The minimum atomic E-state index is -0.475. The first-order valence-electron chi connectivity index (χ1n) is 10.9. The Morgan fingerprint density at radius 1 is 1.09 bits per heavy atom. The zero-order chi connectivity index (χ0) is 24.5. The van der Waals surface area contributed by atoms with Crippen LogP contribution in [-0.2, 0) is 24.3 Å². The van der Waals surface area contributed by atoms with Gasteiger partial charge in [-0.25, -0.2) is 14.8 Å². The molecular weight excluding hydrogens is 438 g/mol. The number of hydrogen-bond acceptors (Lipinski definition) is 6. The number of carbonyl (C=O) groups excluding carboxylic acids is 1. The third-order valence-electron chi connectivity index (χ3n) is 5.65. The smallest absolute Gasteiger partial charge is 0.325 e. The minimum absolute atomic E-state index is 0.0643. The highest BCUT2D eigenvalue weighted by Gasteiger charge is 2.24. The van der Waals surface area contributed by atoms with Crippen LogP contribution in [0.2, 0.25) is 0 Å². The highest BCUT2D eigenvalue weighted by Crippen LogP contribution is 2.27. The van der Waals surface area contributed by atoms with Gasteiger partial charge in [0.05, 0.1) is 5.75 Å². The van der Waals surface area contributed by atoms with Crippen molar-refractivity contribution in [2.24, 2.45) is 14.1 Å². The fraction of sp³-hybridized carbons (Fsp3) is 0.458. The molecule has 176 valence electrons. The Kier molecular flexibility index (Phi) is 7.11. The maximum Gasteiger partial charge on any atom is 0.332 e. The van der Waals surface area contributed by atoms with Gasteiger partial charge in [-0.1, -0.05) is 58.5 Å². The second-order valence-corrected chi connectivity index (χ2v) is 10.2. The number of nitrogens with zero attached hydrogens (tertiary/aromatic N) is 4. The number of fused-ring (bicyclic) bond motifs is 1. The maximum atomic E-state index is 12.9. The van der Waals surface area contributed by atoms with Crippen LogP contribution in [0.15, 0.2) is 38.9 Å². The lowest BCUT2D eigenvalue weighted by molar-refractivity contribution is -0.113. The number of benzene rings is 1. The van der Waals surface area contributed by atoms with Crippen molar-refractivity contribution in [2.45, 2.75) is 57.4 Å².